The number of non-ortho nitro benzene ring substituents is 1. The van der Waals surface area contributed by atoms with Crippen LogP contribution < -0.4 is 4.90 Å². The molecule has 0 N–H and O–H groups in total. The number of pyridine rings is 2. The summed E-state index contributed by atoms with van der Waals surface area (Å²) in [7, 11) is 0. The number of para-hydroxylation sites is 1. The first-order valence-corrected chi connectivity index (χ1v) is 9.71. The van der Waals surface area contributed by atoms with Gasteiger partial charge in [-0.3, -0.25) is 14.5 Å². The average Bonchev–Trinajstić information content (AvgIpc) is 3.17. The van der Waals surface area contributed by atoms with Crippen LogP contribution in [0.2, 0.25) is 0 Å². The van der Waals surface area contributed by atoms with Gasteiger partial charge in [-0.1, -0.05) is 18.2 Å². The zero-order chi connectivity index (χ0) is 20.0. The number of fused-ring (bicyclic) bond motifs is 2. The van der Waals surface area contributed by atoms with E-state index in [9.17, 15) is 10.1 Å². The van der Waals surface area contributed by atoms with E-state index in [0.717, 1.165) is 54.2 Å². The quantitative estimate of drug-likeness (QED) is 0.391. The Labute approximate surface area is 167 Å². The number of anilines is 1. The Hall–Kier alpha value is -3.55. The lowest BCUT2D eigenvalue weighted by atomic mass is 9.96. The number of rotatable bonds is 3. The minimum absolute atomic E-state index is 0.0458. The third-order valence-corrected chi connectivity index (χ3v) is 5.59. The molecule has 8 heteroatoms. The van der Waals surface area contributed by atoms with Crippen LogP contribution in [0.4, 0.5) is 11.4 Å². The summed E-state index contributed by atoms with van der Waals surface area (Å²) in [6, 6.07) is 13.1. The normalized spacial score (nSPS) is 17.1. The molecule has 4 heterocycles. The van der Waals surface area contributed by atoms with Gasteiger partial charge in [-0.2, -0.15) is 0 Å². The van der Waals surface area contributed by atoms with Gasteiger partial charge < -0.3 is 4.90 Å². The van der Waals surface area contributed by atoms with Gasteiger partial charge in [0.05, 0.1) is 4.92 Å². The van der Waals surface area contributed by atoms with E-state index in [-0.39, 0.29) is 16.5 Å². The largest absolute Gasteiger partial charge is 0.370 e. The Morgan fingerprint density at radius 1 is 1.17 bits per heavy atom. The third-order valence-electron chi connectivity index (χ3n) is 5.59. The summed E-state index contributed by atoms with van der Waals surface area (Å²) in [6.07, 6.45) is 4.05. The van der Waals surface area contributed by atoms with Crippen LogP contribution in [0.5, 0.6) is 0 Å². The molecule has 0 radical (unpaired) electrons. The van der Waals surface area contributed by atoms with E-state index in [0.29, 0.717) is 5.52 Å². The summed E-state index contributed by atoms with van der Waals surface area (Å²) in [5, 5.41) is 21.0. The number of nitro groups is 1. The molecule has 146 valence electrons. The number of nitro benzene ring substituents is 1. The lowest BCUT2D eigenvalue weighted by Crippen LogP contribution is -2.35. The van der Waals surface area contributed by atoms with E-state index in [2.05, 4.69) is 24.5 Å². The maximum atomic E-state index is 11.5. The molecular weight excluding hydrogens is 368 g/mol. The predicted molar refractivity (Wildman–Crippen MR) is 110 cm³/mol. The van der Waals surface area contributed by atoms with Gasteiger partial charge in [-0.15, -0.1) is 10.2 Å². The van der Waals surface area contributed by atoms with Crippen molar-refractivity contribution in [3.05, 3.63) is 70.3 Å². The second kappa shape index (κ2) is 6.80. The van der Waals surface area contributed by atoms with Crippen molar-refractivity contribution in [3.63, 3.8) is 0 Å². The molecule has 1 saturated heterocycles. The van der Waals surface area contributed by atoms with Crippen LogP contribution in [0, 0.1) is 17.0 Å². The lowest BCUT2D eigenvalue weighted by molar-refractivity contribution is -0.383. The molecule has 4 aromatic rings. The Morgan fingerprint density at radius 2 is 2.07 bits per heavy atom. The molecule has 1 atom stereocenters. The maximum Gasteiger partial charge on any atom is 0.295 e. The molecule has 1 fully saturated rings. The summed E-state index contributed by atoms with van der Waals surface area (Å²) in [5.41, 5.74) is 3.11. The number of benzene rings is 1. The van der Waals surface area contributed by atoms with E-state index >= 15 is 0 Å². The van der Waals surface area contributed by atoms with Gasteiger partial charge in [0, 0.05) is 48.0 Å². The zero-order valence-corrected chi connectivity index (χ0v) is 16.0. The fraction of sp³-hybridized carbons (Fsp3) is 0.286. The van der Waals surface area contributed by atoms with Gasteiger partial charge in [0.15, 0.2) is 11.2 Å². The van der Waals surface area contributed by atoms with E-state index in [1.54, 1.807) is 6.07 Å². The second-order valence-corrected chi connectivity index (χ2v) is 7.49. The smallest absolute Gasteiger partial charge is 0.295 e. The molecule has 3 aromatic heterocycles. The highest BCUT2D eigenvalue weighted by Gasteiger charge is 2.27. The third kappa shape index (κ3) is 2.97. The molecule has 29 heavy (non-hydrogen) atoms. The van der Waals surface area contributed by atoms with E-state index in [4.69, 9.17) is 0 Å². The number of aromatic nitrogens is 4. The van der Waals surface area contributed by atoms with Crippen molar-refractivity contribution < 1.29 is 4.92 Å². The number of hydrogen-bond acceptors (Lipinski definition) is 6. The predicted octanol–water partition coefficient (Wildman–Crippen LogP) is 3.88. The summed E-state index contributed by atoms with van der Waals surface area (Å²) >= 11 is 0. The van der Waals surface area contributed by atoms with Gasteiger partial charge in [-0.25, -0.2) is 4.98 Å². The van der Waals surface area contributed by atoms with Gasteiger partial charge >= 0.3 is 0 Å². The Kier molecular flexibility index (Phi) is 4.12. The van der Waals surface area contributed by atoms with Crippen LogP contribution in [-0.4, -0.2) is 37.6 Å². The topological polar surface area (TPSA) is 89.5 Å². The summed E-state index contributed by atoms with van der Waals surface area (Å²) in [5.74, 6) is 1.20. The summed E-state index contributed by atoms with van der Waals surface area (Å²) < 4.78 is 2.05. The minimum atomic E-state index is -0.361. The molecule has 0 spiro atoms. The summed E-state index contributed by atoms with van der Waals surface area (Å²) in [4.78, 5) is 17.9. The van der Waals surface area contributed by atoms with Crippen LogP contribution in [0.15, 0.2) is 48.7 Å². The molecule has 8 nitrogen and oxygen atoms in total. The highest BCUT2D eigenvalue weighted by Crippen LogP contribution is 2.36. The molecule has 5 rings (SSSR count). The molecule has 0 saturated carbocycles. The monoisotopic (exact) mass is 388 g/mol. The van der Waals surface area contributed by atoms with E-state index in [1.165, 1.54) is 6.07 Å². The Balaban J connectivity index is 1.57. The summed E-state index contributed by atoms with van der Waals surface area (Å²) in [6.45, 7) is 3.57. The first-order valence-electron chi connectivity index (χ1n) is 9.71. The highest BCUT2D eigenvalue weighted by atomic mass is 16.6. The van der Waals surface area contributed by atoms with Gasteiger partial charge in [0.2, 0.25) is 0 Å². The van der Waals surface area contributed by atoms with Crippen LogP contribution >= 0.6 is 0 Å². The standard InChI is InChI=1S/C21H20N6O2/c1-14-12-18(16-7-4-8-17(27(28)29)20(16)22-14)25-10-5-6-15(13-25)21-24-23-19-9-2-3-11-26(19)21/h2-4,7-9,11-12,15H,5-6,10,13H2,1H3. The van der Waals surface area contributed by atoms with Crippen molar-refractivity contribution in [2.24, 2.45) is 0 Å². The van der Waals surface area contributed by atoms with Gasteiger partial charge in [0.1, 0.15) is 5.82 Å². The van der Waals surface area contributed by atoms with Crippen molar-refractivity contribution in [2.45, 2.75) is 25.7 Å². The molecule has 1 aromatic carbocycles. The number of aryl methyl sites for hydroxylation is 1. The van der Waals surface area contributed by atoms with Crippen LogP contribution in [0.3, 0.4) is 0 Å². The molecule has 0 aliphatic carbocycles. The number of piperidine rings is 1. The fourth-order valence-corrected chi connectivity index (χ4v) is 4.29. The van der Waals surface area contributed by atoms with Crippen molar-refractivity contribution in [2.75, 3.05) is 18.0 Å². The molecule has 1 aliphatic heterocycles. The van der Waals surface area contributed by atoms with Crippen LogP contribution in [0.25, 0.3) is 16.6 Å². The molecule has 0 amide bonds. The first-order chi connectivity index (χ1) is 14.1. The molecule has 0 bridgehead atoms. The fourth-order valence-electron chi connectivity index (χ4n) is 4.29. The van der Waals surface area contributed by atoms with Crippen molar-refractivity contribution in [1.82, 2.24) is 19.6 Å². The second-order valence-electron chi connectivity index (χ2n) is 7.49. The van der Waals surface area contributed by atoms with E-state index < -0.39 is 0 Å². The number of nitrogens with zero attached hydrogens (tertiary/aromatic N) is 6. The number of hydrogen-bond donors (Lipinski definition) is 0. The van der Waals surface area contributed by atoms with Gasteiger partial charge in [-0.05, 0) is 38.0 Å². The lowest BCUT2D eigenvalue weighted by Gasteiger charge is -2.34. The van der Waals surface area contributed by atoms with Gasteiger partial charge in [0.25, 0.3) is 5.69 Å². The van der Waals surface area contributed by atoms with Crippen molar-refractivity contribution in [3.8, 4) is 0 Å². The molecule has 1 unspecified atom stereocenters. The Morgan fingerprint density at radius 3 is 2.93 bits per heavy atom. The van der Waals surface area contributed by atoms with E-state index in [1.807, 2.05) is 43.5 Å². The first kappa shape index (κ1) is 17.5. The minimum Gasteiger partial charge on any atom is -0.370 e. The van der Waals surface area contributed by atoms with Crippen LogP contribution in [-0.2, 0) is 0 Å². The maximum absolute atomic E-state index is 11.5. The zero-order valence-electron chi connectivity index (χ0n) is 16.0. The Bertz CT molecular complexity index is 1230. The SMILES string of the molecule is Cc1cc(N2CCCC(c3nnc4ccccn34)C2)c2cccc([N+](=O)[O-])c2n1. The van der Waals surface area contributed by atoms with Crippen molar-refractivity contribution >= 4 is 27.9 Å². The molecule has 1 aliphatic rings. The van der Waals surface area contributed by atoms with Crippen LogP contribution in [0.1, 0.15) is 30.3 Å². The highest BCUT2D eigenvalue weighted by molar-refractivity contribution is 5.97. The molecular formula is C21H20N6O2. The van der Waals surface area contributed by atoms with Crippen molar-refractivity contribution in [1.29, 1.82) is 0 Å². The average molecular weight is 388 g/mol.